The Bertz CT molecular complexity index is 553. The van der Waals surface area contributed by atoms with Crippen LogP contribution in [0.5, 0.6) is 0 Å². The highest BCUT2D eigenvalue weighted by atomic mass is 35.5. The minimum absolute atomic E-state index is 0.783. The largest absolute Gasteiger partial charge is 0.384 e. The first-order valence-corrected chi connectivity index (χ1v) is 7.98. The standard InChI is InChI=1S/C18H21ClN2/c19-17-5-7-18(8-6-17)20-11-14-21-12-9-15-3-1-2-4-16(15)10-13-21/h1-8,20H,9-14H2. The Labute approximate surface area is 131 Å². The molecular weight excluding hydrogens is 280 g/mol. The molecule has 0 amide bonds. The van der Waals surface area contributed by atoms with E-state index in [0.29, 0.717) is 0 Å². The SMILES string of the molecule is Clc1ccc(NCCN2CCc3ccccc3CC2)cc1. The van der Waals surface area contributed by atoms with Crippen LogP contribution in [0.4, 0.5) is 5.69 Å². The third-order valence-corrected chi connectivity index (χ3v) is 4.37. The summed E-state index contributed by atoms with van der Waals surface area (Å²) in [4.78, 5) is 2.54. The normalized spacial score (nSPS) is 15.3. The average molecular weight is 301 g/mol. The van der Waals surface area contributed by atoms with Gasteiger partial charge in [-0.25, -0.2) is 0 Å². The van der Waals surface area contributed by atoms with E-state index in [1.165, 1.54) is 11.1 Å². The van der Waals surface area contributed by atoms with Gasteiger partial charge in [-0.15, -0.1) is 0 Å². The molecule has 0 saturated heterocycles. The predicted molar refractivity (Wildman–Crippen MR) is 90.2 cm³/mol. The lowest BCUT2D eigenvalue weighted by Gasteiger charge is -2.20. The van der Waals surface area contributed by atoms with Crippen molar-refractivity contribution in [3.8, 4) is 0 Å². The molecule has 0 radical (unpaired) electrons. The van der Waals surface area contributed by atoms with E-state index in [1.54, 1.807) is 0 Å². The van der Waals surface area contributed by atoms with Crippen molar-refractivity contribution in [2.75, 3.05) is 31.5 Å². The fourth-order valence-electron chi connectivity index (χ4n) is 2.86. The third kappa shape index (κ3) is 3.99. The van der Waals surface area contributed by atoms with Gasteiger partial charge in [-0.2, -0.15) is 0 Å². The van der Waals surface area contributed by atoms with E-state index in [1.807, 2.05) is 24.3 Å². The van der Waals surface area contributed by atoms with Crippen molar-refractivity contribution in [2.24, 2.45) is 0 Å². The molecular formula is C18H21ClN2. The van der Waals surface area contributed by atoms with Gasteiger partial charge >= 0.3 is 0 Å². The van der Waals surface area contributed by atoms with E-state index >= 15 is 0 Å². The number of benzene rings is 2. The van der Waals surface area contributed by atoms with E-state index in [-0.39, 0.29) is 0 Å². The molecule has 0 spiro atoms. The minimum Gasteiger partial charge on any atom is -0.384 e. The van der Waals surface area contributed by atoms with Gasteiger partial charge in [-0.3, -0.25) is 0 Å². The molecule has 21 heavy (non-hydrogen) atoms. The second-order valence-corrected chi connectivity index (χ2v) is 5.98. The van der Waals surface area contributed by atoms with Gasteiger partial charge < -0.3 is 10.2 Å². The van der Waals surface area contributed by atoms with Gasteiger partial charge in [0.2, 0.25) is 0 Å². The zero-order valence-corrected chi connectivity index (χ0v) is 12.9. The fourth-order valence-corrected chi connectivity index (χ4v) is 2.99. The number of halogens is 1. The van der Waals surface area contributed by atoms with Crippen LogP contribution in [0.3, 0.4) is 0 Å². The second kappa shape index (κ2) is 6.97. The van der Waals surface area contributed by atoms with Crippen molar-refractivity contribution in [3.05, 3.63) is 64.7 Å². The van der Waals surface area contributed by atoms with Crippen LogP contribution in [0.25, 0.3) is 0 Å². The zero-order chi connectivity index (χ0) is 14.5. The van der Waals surface area contributed by atoms with Crippen LogP contribution in [0.15, 0.2) is 48.5 Å². The van der Waals surface area contributed by atoms with E-state index < -0.39 is 0 Å². The quantitative estimate of drug-likeness (QED) is 0.922. The molecule has 0 aromatic heterocycles. The number of fused-ring (bicyclic) bond motifs is 1. The lowest BCUT2D eigenvalue weighted by molar-refractivity contribution is 0.298. The maximum absolute atomic E-state index is 5.89. The fraction of sp³-hybridized carbons (Fsp3) is 0.333. The monoisotopic (exact) mass is 300 g/mol. The summed E-state index contributed by atoms with van der Waals surface area (Å²) in [6.07, 6.45) is 2.33. The maximum atomic E-state index is 5.89. The smallest absolute Gasteiger partial charge is 0.0407 e. The van der Waals surface area contributed by atoms with Crippen molar-refractivity contribution in [3.63, 3.8) is 0 Å². The average Bonchev–Trinajstić information content (AvgIpc) is 2.72. The summed E-state index contributed by atoms with van der Waals surface area (Å²) in [5, 5.41) is 4.24. The Morgan fingerprint density at radius 1 is 0.905 bits per heavy atom. The molecule has 1 heterocycles. The van der Waals surface area contributed by atoms with Crippen molar-refractivity contribution in [1.29, 1.82) is 0 Å². The molecule has 0 fully saturated rings. The molecule has 0 atom stereocenters. The van der Waals surface area contributed by atoms with E-state index in [2.05, 4.69) is 34.5 Å². The van der Waals surface area contributed by atoms with Crippen molar-refractivity contribution in [1.82, 2.24) is 4.90 Å². The van der Waals surface area contributed by atoms with E-state index in [4.69, 9.17) is 11.6 Å². The van der Waals surface area contributed by atoms with E-state index in [0.717, 1.165) is 49.7 Å². The predicted octanol–water partition coefficient (Wildman–Crippen LogP) is 3.85. The molecule has 0 aliphatic carbocycles. The first-order valence-electron chi connectivity index (χ1n) is 7.60. The molecule has 2 aromatic rings. The van der Waals surface area contributed by atoms with Crippen LogP contribution in [0, 0.1) is 0 Å². The maximum Gasteiger partial charge on any atom is 0.0407 e. The summed E-state index contributed by atoms with van der Waals surface area (Å²) in [7, 11) is 0. The highest BCUT2D eigenvalue weighted by Gasteiger charge is 2.12. The Balaban J connectivity index is 1.48. The van der Waals surface area contributed by atoms with Gasteiger partial charge in [0.1, 0.15) is 0 Å². The lowest BCUT2D eigenvalue weighted by Crippen LogP contribution is -2.31. The number of nitrogens with one attached hydrogen (secondary N) is 1. The molecule has 1 N–H and O–H groups in total. The Kier molecular flexibility index (Phi) is 4.79. The molecule has 2 nitrogen and oxygen atoms in total. The van der Waals surface area contributed by atoms with Crippen LogP contribution in [-0.4, -0.2) is 31.1 Å². The first kappa shape index (κ1) is 14.4. The molecule has 110 valence electrons. The number of hydrogen-bond acceptors (Lipinski definition) is 2. The summed E-state index contributed by atoms with van der Waals surface area (Å²) in [6, 6.07) is 16.7. The van der Waals surface area contributed by atoms with E-state index in [9.17, 15) is 0 Å². The summed E-state index contributed by atoms with van der Waals surface area (Å²) in [5.41, 5.74) is 4.17. The van der Waals surface area contributed by atoms with Gasteiger partial charge in [0.25, 0.3) is 0 Å². The number of rotatable bonds is 4. The molecule has 1 aliphatic rings. The third-order valence-electron chi connectivity index (χ3n) is 4.11. The Morgan fingerprint density at radius 2 is 1.52 bits per heavy atom. The second-order valence-electron chi connectivity index (χ2n) is 5.54. The number of nitrogens with zero attached hydrogens (tertiary/aromatic N) is 1. The highest BCUT2D eigenvalue weighted by Crippen LogP contribution is 2.16. The Morgan fingerprint density at radius 3 is 2.14 bits per heavy atom. The van der Waals surface area contributed by atoms with Crippen LogP contribution >= 0.6 is 11.6 Å². The van der Waals surface area contributed by atoms with Gasteiger partial charge in [0.15, 0.2) is 0 Å². The Hall–Kier alpha value is -1.51. The summed E-state index contributed by atoms with van der Waals surface area (Å²) < 4.78 is 0. The topological polar surface area (TPSA) is 15.3 Å². The van der Waals surface area contributed by atoms with Crippen molar-refractivity contribution < 1.29 is 0 Å². The van der Waals surface area contributed by atoms with Gasteiger partial charge in [-0.1, -0.05) is 35.9 Å². The molecule has 3 heteroatoms. The summed E-state index contributed by atoms with van der Waals surface area (Å²) in [5.74, 6) is 0. The molecule has 1 aliphatic heterocycles. The number of anilines is 1. The molecule has 0 unspecified atom stereocenters. The summed E-state index contributed by atoms with van der Waals surface area (Å²) in [6.45, 7) is 4.35. The highest BCUT2D eigenvalue weighted by molar-refractivity contribution is 6.30. The van der Waals surface area contributed by atoms with Crippen LogP contribution in [0.2, 0.25) is 5.02 Å². The van der Waals surface area contributed by atoms with Gasteiger partial charge in [-0.05, 0) is 48.2 Å². The zero-order valence-electron chi connectivity index (χ0n) is 12.2. The van der Waals surface area contributed by atoms with Crippen molar-refractivity contribution >= 4 is 17.3 Å². The molecule has 0 saturated carbocycles. The van der Waals surface area contributed by atoms with Crippen molar-refractivity contribution in [2.45, 2.75) is 12.8 Å². The molecule has 2 aromatic carbocycles. The summed E-state index contributed by atoms with van der Waals surface area (Å²) >= 11 is 5.89. The van der Waals surface area contributed by atoms with Gasteiger partial charge in [0.05, 0.1) is 0 Å². The first-order chi connectivity index (χ1) is 10.3. The van der Waals surface area contributed by atoms with Gasteiger partial charge in [0, 0.05) is 36.9 Å². The van der Waals surface area contributed by atoms with Crippen LogP contribution < -0.4 is 5.32 Å². The molecule has 0 bridgehead atoms. The molecule has 3 rings (SSSR count). The van der Waals surface area contributed by atoms with Crippen LogP contribution in [-0.2, 0) is 12.8 Å². The number of hydrogen-bond donors (Lipinski definition) is 1. The minimum atomic E-state index is 0.783. The van der Waals surface area contributed by atoms with Crippen LogP contribution in [0.1, 0.15) is 11.1 Å². The lowest BCUT2D eigenvalue weighted by atomic mass is 10.0.